The van der Waals surface area contributed by atoms with Crippen LogP contribution in [0.15, 0.2) is 24.3 Å². The summed E-state index contributed by atoms with van der Waals surface area (Å²) in [7, 11) is 0. The lowest BCUT2D eigenvalue weighted by molar-refractivity contribution is -0.127. The smallest absolute Gasteiger partial charge is 0.228 e. The van der Waals surface area contributed by atoms with Gasteiger partial charge < -0.3 is 15.2 Å². The molecule has 1 aromatic rings. The highest BCUT2D eigenvalue weighted by atomic mass is 16.5. The Kier molecular flexibility index (Phi) is 3.87. The predicted molar refractivity (Wildman–Crippen MR) is 68.2 cm³/mol. The molecule has 1 aliphatic rings. The number of hydrogen-bond donors (Lipinski definition) is 2. The summed E-state index contributed by atoms with van der Waals surface area (Å²) in [5.74, 6) is 0.792. The maximum Gasteiger partial charge on any atom is 0.228 e. The summed E-state index contributed by atoms with van der Waals surface area (Å²) in [6.45, 7) is 3.03. The van der Waals surface area contributed by atoms with Crippen LogP contribution in [0.1, 0.15) is 25.3 Å². The van der Waals surface area contributed by atoms with E-state index in [1.165, 1.54) is 0 Å². The highest BCUT2D eigenvalue weighted by molar-refractivity contribution is 5.85. The summed E-state index contributed by atoms with van der Waals surface area (Å²) in [6, 6.07) is 7.65. The van der Waals surface area contributed by atoms with Crippen LogP contribution in [0, 0.1) is 5.41 Å². The van der Waals surface area contributed by atoms with Crippen molar-refractivity contribution in [1.29, 1.82) is 0 Å². The molecule has 1 fully saturated rings. The molecule has 0 unspecified atom stereocenters. The second-order valence-corrected chi connectivity index (χ2v) is 4.70. The average molecular weight is 249 g/mol. The fraction of sp³-hybridized carbons (Fsp3) is 0.500. The molecule has 1 saturated carbocycles. The van der Waals surface area contributed by atoms with Crippen LogP contribution in [0.3, 0.4) is 0 Å². The van der Waals surface area contributed by atoms with Crippen LogP contribution in [0.4, 0.5) is 0 Å². The van der Waals surface area contributed by atoms with Gasteiger partial charge in [-0.2, -0.15) is 0 Å². The minimum Gasteiger partial charge on any atom is -0.494 e. The Balaban J connectivity index is 1.85. The number of rotatable bonds is 6. The van der Waals surface area contributed by atoms with Crippen molar-refractivity contribution in [3.63, 3.8) is 0 Å². The third-order valence-electron chi connectivity index (χ3n) is 3.33. The third kappa shape index (κ3) is 2.82. The zero-order valence-corrected chi connectivity index (χ0v) is 10.6. The molecular formula is C14H19NO3. The Labute approximate surface area is 107 Å². The Bertz CT molecular complexity index is 410. The molecule has 0 heterocycles. The largest absolute Gasteiger partial charge is 0.494 e. The maximum atomic E-state index is 11.8. The van der Waals surface area contributed by atoms with Gasteiger partial charge in [-0.15, -0.1) is 0 Å². The first-order valence-corrected chi connectivity index (χ1v) is 6.31. The lowest BCUT2D eigenvalue weighted by atomic mass is 10.1. The molecule has 1 aromatic carbocycles. The minimum absolute atomic E-state index is 0.0427. The van der Waals surface area contributed by atoms with E-state index >= 15 is 0 Å². The van der Waals surface area contributed by atoms with E-state index in [2.05, 4.69) is 5.32 Å². The lowest BCUT2D eigenvalue weighted by Crippen LogP contribution is -2.33. The first-order valence-electron chi connectivity index (χ1n) is 6.31. The van der Waals surface area contributed by atoms with Gasteiger partial charge in [-0.05, 0) is 37.5 Å². The Morgan fingerprint density at radius 2 is 2.06 bits per heavy atom. The molecule has 0 aliphatic heterocycles. The van der Waals surface area contributed by atoms with Gasteiger partial charge in [0.05, 0.1) is 18.6 Å². The fourth-order valence-electron chi connectivity index (χ4n) is 1.85. The molecule has 2 rings (SSSR count). The topological polar surface area (TPSA) is 58.6 Å². The molecule has 4 heteroatoms. The molecule has 0 aromatic heterocycles. The van der Waals surface area contributed by atoms with E-state index in [0.717, 1.165) is 24.2 Å². The van der Waals surface area contributed by atoms with Crippen molar-refractivity contribution in [2.24, 2.45) is 5.41 Å². The number of carbonyl (C=O) groups is 1. The van der Waals surface area contributed by atoms with E-state index in [9.17, 15) is 4.79 Å². The van der Waals surface area contributed by atoms with Crippen LogP contribution in [0.5, 0.6) is 5.75 Å². The zero-order chi connectivity index (χ0) is 13.0. The number of benzene rings is 1. The summed E-state index contributed by atoms with van der Waals surface area (Å²) < 4.78 is 5.35. The lowest BCUT2D eigenvalue weighted by Gasteiger charge is -2.12. The number of aliphatic hydroxyl groups excluding tert-OH is 1. The van der Waals surface area contributed by atoms with Crippen LogP contribution >= 0.6 is 0 Å². The first-order chi connectivity index (χ1) is 8.70. The molecule has 4 nitrogen and oxygen atoms in total. The van der Waals surface area contributed by atoms with Gasteiger partial charge in [0.2, 0.25) is 5.91 Å². The monoisotopic (exact) mass is 249 g/mol. The molecule has 98 valence electrons. The number of ether oxygens (including phenoxy) is 1. The van der Waals surface area contributed by atoms with Crippen molar-refractivity contribution < 1.29 is 14.6 Å². The van der Waals surface area contributed by atoms with Gasteiger partial charge in [-0.3, -0.25) is 4.79 Å². The van der Waals surface area contributed by atoms with Crippen molar-refractivity contribution in [2.75, 3.05) is 13.2 Å². The summed E-state index contributed by atoms with van der Waals surface area (Å²) in [6.07, 6.45) is 1.58. The minimum atomic E-state index is -0.495. The Morgan fingerprint density at radius 3 is 2.56 bits per heavy atom. The van der Waals surface area contributed by atoms with Crippen molar-refractivity contribution in [3.8, 4) is 5.75 Å². The van der Waals surface area contributed by atoms with E-state index in [-0.39, 0.29) is 12.5 Å². The maximum absolute atomic E-state index is 11.8. The van der Waals surface area contributed by atoms with Crippen LogP contribution in [-0.4, -0.2) is 24.2 Å². The number of nitrogens with one attached hydrogen (secondary N) is 1. The van der Waals surface area contributed by atoms with Gasteiger partial charge in [-0.25, -0.2) is 0 Å². The predicted octanol–water partition coefficient (Wildman–Crippen LogP) is 1.47. The van der Waals surface area contributed by atoms with Crippen molar-refractivity contribution in [1.82, 2.24) is 5.32 Å². The number of amides is 1. The number of hydrogen-bond acceptors (Lipinski definition) is 3. The van der Waals surface area contributed by atoms with Crippen molar-refractivity contribution in [2.45, 2.75) is 26.3 Å². The van der Waals surface area contributed by atoms with Crippen molar-refractivity contribution >= 4 is 5.91 Å². The second kappa shape index (κ2) is 5.40. The second-order valence-electron chi connectivity index (χ2n) is 4.70. The van der Waals surface area contributed by atoms with Crippen LogP contribution in [-0.2, 0) is 11.3 Å². The van der Waals surface area contributed by atoms with E-state index < -0.39 is 5.41 Å². The SMILES string of the molecule is CCOc1ccc(CNC(=O)C2(CO)CC2)cc1. The van der Waals surface area contributed by atoms with Gasteiger partial charge in [-0.1, -0.05) is 12.1 Å². The number of carbonyl (C=O) groups excluding carboxylic acids is 1. The molecule has 0 bridgehead atoms. The summed E-state index contributed by atoms with van der Waals surface area (Å²) in [5, 5.41) is 12.0. The van der Waals surface area contributed by atoms with E-state index in [0.29, 0.717) is 13.2 Å². The molecule has 0 spiro atoms. The molecule has 2 N–H and O–H groups in total. The van der Waals surface area contributed by atoms with E-state index in [1.807, 2.05) is 31.2 Å². The summed E-state index contributed by atoms with van der Waals surface area (Å²) in [5.41, 5.74) is 0.534. The molecule has 0 atom stereocenters. The quantitative estimate of drug-likeness (QED) is 0.802. The highest BCUT2D eigenvalue weighted by Crippen LogP contribution is 2.45. The van der Waals surface area contributed by atoms with Crippen molar-refractivity contribution in [3.05, 3.63) is 29.8 Å². The van der Waals surface area contributed by atoms with Gasteiger partial charge >= 0.3 is 0 Å². The third-order valence-corrected chi connectivity index (χ3v) is 3.33. The van der Waals surface area contributed by atoms with E-state index in [1.54, 1.807) is 0 Å². The molecule has 0 radical (unpaired) electrons. The summed E-state index contributed by atoms with van der Waals surface area (Å²) in [4.78, 5) is 11.8. The van der Waals surface area contributed by atoms with Gasteiger partial charge in [0, 0.05) is 6.54 Å². The van der Waals surface area contributed by atoms with Gasteiger partial charge in [0.15, 0.2) is 0 Å². The Hall–Kier alpha value is -1.55. The average Bonchev–Trinajstić information content (AvgIpc) is 3.19. The standard InChI is InChI=1S/C14H19NO3/c1-2-18-12-5-3-11(4-6-12)9-15-13(17)14(10-16)7-8-14/h3-6,16H,2,7-10H2,1H3,(H,15,17). The number of aliphatic hydroxyl groups is 1. The molecule has 0 saturated heterocycles. The van der Waals surface area contributed by atoms with E-state index in [4.69, 9.17) is 9.84 Å². The van der Waals surface area contributed by atoms with Crippen LogP contribution in [0.2, 0.25) is 0 Å². The first kappa shape index (κ1) is 12.9. The van der Waals surface area contributed by atoms with Crippen LogP contribution in [0.25, 0.3) is 0 Å². The molecule has 1 aliphatic carbocycles. The normalized spacial score (nSPS) is 16.1. The Morgan fingerprint density at radius 1 is 1.39 bits per heavy atom. The molecule has 1 amide bonds. The molecule has 18 heavy (non-hydrogen) atoms. The van der Waals surface area contributed by atoms with Gasteiger partial charge in [0.1, 0.15) is 5.75 Å². The summed E-state index contributed by atoms with van der Waals surface area (Å²) >= 11 is 0. The molecular weight excluding hydrogens is 230 g/mol. The van der Waals surface area contributed by atoms with Gasteiger partial charge in [0.25, 0.3) is 0 Å². The van der Waals surface area contributed by atoms with Crippen LogP contribution < -0.4 is 10.1 Å². The zero-order valence-electron chi connectivity index (χ0n) is 10.6. The highest BCUT2D eigenvalue weighted by Gasteiger charge is 2.49. The fourth-order valence-corrected chi connectivity index (χ4v) is 1.85.